The van der Waals surface area contributed by atoms with E-state index in [4.69, 9.17) is 10.5 Å². The van der Waals surface area contributed by atoms with Crippen molar-refractivity contribution in [1.82, 2.24) is 4.90 Å². The minimum Gasteiger partial charge on any atom is -0.483 e. The minimum absolute atomic E-state index is 0.0152. The van der Waals surface area contributed by atoms with Crippen LogP contribution in [0.4, 0.5) is 4.39 Å². The zero-order valence-corrected chi connectivity index (χ0v) is 10.2. The van der Waals surface area contributed by atoms with Gasteiger partial charge in [0.05, 0.1) is 0 Å². The van der Waals surface area contributed by atoms with E-state index in [9.17, 15) is 9.18 Å². The van der Waals surface area contributed by atoms with Gasteiger partial charge in [-0.05, 0) is 31.0 Å². The van der Waals surface area contributed by atoms with E-state index in [-0.39, 0.29) is 24.9 Å². The molecule has 0 radical (unpaired) electrons. The molecule has 98 valence electrons. The fourth-order valence-corrected chi connectivity index (χ4v) is 2.05. The van der Waals surface area contributed by atoms with E-state index < -0.39 is 0 Å². The summed E-state index contributed by atoms with van der Waals surface area (Å²) in [5.74, 6) is 0.0971. The molecule has 1 aromatic carbocycles. The Morgan fingerprint density at radius 2 is 2.11 bits per heavy atom. The van der Waals surface area contributed by atoms with Crippen LogP contribution in [-0.4, -0.2) is 30.5 Å². The molecule has 0 spiro atoms. The molecule has 2 N–H and O–H groups in total. The summed E-state index contributed by atoms with van der Waals surface area (Å²) in [4.78, 5) is 13.6. The van der Waals surface area contributed by atoms with E-state index in [1.807, 2.05) is 0 Å². The molecule has 5 heteroatoms. The van der Waals surface area contributed by atoms with Gasteiger partial charge in [-0.2, -0.15) is 0 Å². The van der Waals surface area contributed by atoms with Gasteiger partial charge in [-0.15, -0.1) is 0 Å². The number of carbonyl (C=O) groups excluding carboxylic acids is 1. The molecule has 0 atom stereocenters. The Bertz CT molecular complexity index is 431. The van der Waals surface area contributed by atoms with Crippen molar-refractivity contribution in [1.29, 1.82) is 0 Å². The molecule has 18 heavy (non-hydrogen) atoms. The first-order chi connectivity index (χ1) is 8.70. The van der Waals surface area contributed by atoms with Crippen molar-refractivity contribution in [2.24, 2.45) is 5.73 Å². The van der Waals surface area contributed by atoms with Gasteiger partial charge in [-0.25, -0.2) is 4.39 Å². The fraction of sp³-hybridized carbons (Fsp3) is 0.462. The number of carbonyl (C=O) groups is 1. The maximum Gasteiger partial charge on any atom is 0.260 e. The second-order valence-electron chi connectivity index (χ2n) is 4.33. The van der Waals surface area contributed by atoms with Crippen LogP contribution in [0.1, 0.15) is 18.4 Å². The molecule has 2 rings (SSSR count). The van der Waals surface area contributed by atoms with Crippen molar-refractivity contribution in [3.63, 3.8) is 0 Å². The molecule has 0 aromatic heterocycles. The normalized spacial score (nSPS) is 14.9. The summed E-state index contributed by atoms with van der Waals surface area (Å²) in [6.07, 6.45) is 2.10. The lowest BCUT2D eigenvalue weighted by Crippen LogP contribution is -2.32. The lowest BCUT2D eigenvalue weighted by atomic mass is 10.2. The molecule has 0 aliphatic carbocycles. The third-order valence-corrected chi connectivity index (χ3v) is 3.05. The molecule has 1 aliphatic rings. The highest BCUT2D eigenvalue weighted by Crippen LogP contribution is 2.19. The Morgan fingerprint density at radius 3 is 2.78 bits per heavy atom. The fourth-order valence-electron chi connectivity index (χ4n) is 2.05. The molecule has 0 saturated carbocycles. The quantitative estimate of drug-likeness (QED) is 0.878. The lowest BCUT2D eigenvalue weighted by Gasteiger charge is -2.16. The predicted octanol–water partition coefficient (Wildman–Crippen LogP) is 1.29. The Morgan fingerprint density at radius 1 is 1.39 bits per heavy atom. The SMILES string of the molecule is NCc1cc(F)ccc1OCC(=O)N1CCCC1. The number of nitrogens with zero attached hydrogens (tertiary/aromatic N) is 1. The van der Waals surface area contributed by atoms with Crippen LogP contribution in [-0.2, 0) is 11.3 Å². The maximum absolute atomic E-state index is 13.0. The maximum atomic E-state index is 13.0. The number of likely N-dealkylation sites (tertiary alicyclic amines) is 1. The Balaban J connectivity index is 1.95. The second-order valence-corrected chi connectivity index (χ2v) is 4.33. The van der Waals surface area contributed by atoms with E-state index in [0.717, 1.165) is 25.9 Å². The number of ether oxygens (including phenoxy) is 1. The molecular weight excluding hydrogens is 235 g/mol. The first-order valence-electron chi connectivity index (χ1n) is 6.10. The summed E-state index contributed by atoms with van der Waals surface area (Å²) in [6.45, 7) is 1.77. The summed E-state index contributed by atoms with van der Waals surface area (Å²) >= 11 is 0. The lowest BCUT2D eigenvalue weighted by molar-refractivity contribution is -0.132. The van der Waals surface area contributed by atoms with Crippen molar-refractivity contribution < 1.29 is 13.9 Å². The third-order valence-electron chi connectivity index (χ3n) is 3.05. The van der Waals surface area contributed by atoms with Gasteiger partial charge in [-0.3, -0.25) is 4.79 Å². The summed E-state index contributed by atoms with van der Waals surface area (Å²) in [5.41, 5.74) is 6.08. The van der Waals surface area contributed by atoms with Crippen LogP contribution in [0, 0.1) is 5.82 Å². The molecule has 1 aromatic rings. The largest absolute Gasteiger partial charge is 0.483 e. The van der Waals surface area contributed by atoms with E-state index >= 15 is 0 Å². The van der Waals surface area contributed by atoms with Crippen LogP contribution >= 0.6 is 0 Å². The van der Waals surface area contributed by atoms with Crippen LogP contribution in [0.3, 0.4) is 0 Å². The standard InChI is InChI=1S/C13H17FN2O2/c14-11-3-4-12(10(7-11)8-15)18-9-13(17)16-5-1-2-6-16/h3-4,7H,1-2,5-6,8-9,15H2. The van der Waals surface area contributed by atoms with Crippen LogP contribution < -0.4 is 10.5 Å². The van der Waals surface area contributed by atoms with E-state index in [0.29, 0.717) is 11.3 Å². The van der Waals surface area contributed by atoms with Crippen LogP contribution in [0.5, 0.6) is 5.75 Å². The second kappa shape index (κ2) is 5.82. The van der Waals surface area contributed by atoms with Gasteiger partial charge >= 0.3 is 0 Å². The van der Waals surface area contributed by atoms with Gasteiger partial charge in [-0.1, -0.05) is 0 Å². The number of nitrogens with two attached hydrogens (primary N) is 1. The zero-order valence-electron chi connectivity index (χ0n) is 10.2. The molecule has 4 nitrogen and oxygen atoms in total. The first-order valence-corrected chi connectivity index (χ1v) is 6.10. The van der Waals surface area contributed by atoms with E-state index in [1.54, 1.807) is 4.90 Å². The van der Waals surface area contributed by atoms with Gasteiger partial charge in [0.2, 0.25) is 0 Å². The third kappa shape index (κ3) is 2.98. The van der Waals surface area contributed by atoms with Gasteiger partial charge in [0.1, 0.15) is 11.6 Å². The number of benzene rings is 1. The van der Waals surface area contributed by atoms with Crippen molar-refractivity contribution >= 4 is 5.91 Å². The summed E-state index contributed by atoms with van der Waals surface area (Å²) in [7, 11) is 0. The highest BCUT2D eigenvalue weighted by atomic mass is 19.1. The Kier molecular flexibility index (Phi) is 4.15. The van der Waals surface area contributed by atoms with Crippen molar-refractivity contribution in [2.45, 2.75) is 19.4 Å². The average Bonchev–Trinajstić information content (AvgIpc) is 2.90. The molecule has 1 amide bonds. The topological polar surface area (TPSA) is 55.6 Å². The molecule has 0 unspecified atom stereocenters. The average molecular weight is 252 g/mol. The number of rotatable bonds is 4. The van der Waals surface area contributed by atoms with Crippen LogP contribution in [0.15, 0.2) is 18.2 Å². The smallest absolute Gasteiger partial charge is 0.260 e. The number of hydrogen-bond acceptors (Lipinski definition) is 3. The number of amides is 1. The highest BCUT2D eigenvalue weighted by Gasteiger charge is 2.18. The van der Waals surface area contributed by atoms with E-state index in [2.05, 4.69) is 0 Å². The Hall–Kier alpha value is -1.62. The molecule has 1 heterocycles. The van der Waals surface area contributed by atoms with Crippen LogP contribution in [0.2, 0.25) is 0 Å². The molecule has 1 fully saturated rings. The molecular formula is C13H17FN2O2. The predicted molar refractivity (Wildman–Crippen MR) is 65.6 cm³/mol. The number of hydrogen-bond donors (Lipinski definition) is 1. The van der Waals surface area contributed by atoms with E-state index in [1.165, 1.54) is 18.2 Å². The van der Waals surface area contributed by atoms with Crippen molar-refractivity contribution in [3.8, 4) is 5.75 Å². The monoisotopic (exact) mass is 252 g/mol. The summed E-state index contributed by atoms with van der Waals surface area (Å²) in [6, 6.07) is 4.14. The highest BCUT2D eigenvalue weighted by molar-refractivity contribution is 5.78. The summed E-state index contributed by atoms with van der Waals surface area (Å²) in [5, 5.41) is 0. The van der Waals surface area contributed by atoms with Crippen molar-refractivity contribution in [3.05, 3.63) is 29.6 Å². The summed E-state index contributed by atoms with van der Waals surface area (Å²) < 4.78 is 18.4. The molecule has 1 aliphatic heterocycles. The van der Waals surface area contributed by atoms with Crippen molar-refractivity contribution in [2.75, 3.05) is 19.7 Å². The van der Waals surface area contributed by atoms with Gasteiger partial charge < -0.3 is 15.4 Å². The Labute approximate surface area is 106 Å². The first kappa shape index (κ1) is 12.8. The zero-order chi connectivity index (χ0) is 13.0. The minimum atomic E-state index is -0.353. The van der Waals surface area contributed by atoms with Gasteiger partial charge in [0.25, 0.3) is 5.91 Å². The van der Waals surface area contributed by atoms with Crippen LogP contribution in [0.25, 0.3) is 0 Å². The molecule has 0 bridgehead atoms. The van der Waals surface area contributed by atoms with Gasteiger partial charge in [0, 0.05) is 25.2 Å². The molecule has 1 saturated heterocycles. The van der Waals surface area contributed by atoms with Gasteiger partial charge in [0.15, 0.2) is 6.61 Å². The number of halogens is 1.